The normalized spacial score (nSPS) is 16.5. The number of halogens is 2. The van der Waals surface area contributed by atoms with E-state index in [1.54, 1.807) is 37.0 Å². The second-order valence-electron chi connectivity index (χ2n) is 8.29. The molecule has 7 nitrogen and oxygen atoms in total. The van der Waals surface area contributed by atoms with Crippen LogP contribution in [0.2, 0.25) is 5.02 Å². The van der Waals surface area contributed by atoms with E-state index in [4.69, 9.17) is 16.3 Å². The van der Waals surface area contributed by atoms with E-state index < -0.39 is 5.82 Å². The number of fused-ring (bicyclic) bond motifs is 1. The summed E-state index contributed by atoms with van der Waals surface area (Å²) in [6, 6.07) is 8.24. The molecule has 0 unspecified atom stereocenters. The number of morpholine rings is 1. The minimum atomic E-state index is -0.487. The summed E-state index contributed by atoms with van der Waals surface area (Å²) in [5, 5.41) is 4.92. The first-order chi connectivity index (χ1) is 15.8. The molecule has 0 radical (unpaired) electrons. The zero-order valence-electron chi connectivity index (χ0n) is 18.5. The number of aromatic nitrogens is 4. The number of hydrogen-bond acceptors (Lipinski definition) is 5. The van der Waals surface area contributed by atoms with Crippen molar-refractivity contribution in [3.05, 3.63) is 75.3 Å². The minimum absolute atomic E-state index is 0.141. The fraction of sp³-hybridized carbons (Fsp3) is 0.292. The Balaban J connectivity index is 1.67. The van der Waals surface area contributed by atoms with Gasteiger partial charge in [0.25, 0.3) is 5.56 Å². The second-order valence-corrected chi connectivity index (χ2v) is 8.72. The molecule has 0 N–H and O–H groups in total. The van der Waals surface area contributed by atoms with Crippen LogP contribution in [-0.4, -0.2) is 39.0 Å². The van der Waals surface area contributed by atoms with Crippen LogP contribution in [0.15, 0.2) is 47.5 Å². The van der Waals surface area contributed by atoms with Gasteiger partial charge in [-0.25, -0.2) is 9.37 Å². The van der Waals surface area contributed by atoms with Gasteiger partial charge in [0.1, 0.15) is 17.7 Å². The third-order valence-electron chi connectivity index (χ3n) is 6.14. The predicted molar refractivity (Wildman–Crippen MR) is 126 cm³/mol. The first-order valence-corrected chi connectivity index (χ1v) is 11.0. The topological polar surface area (TPSA) is 65.2 Å². The van der Waals surface area contributed by atoms with Gasteiger partial charge in [0, 0.05) is 60.8 Å². The Bertz CT molecular complexity index is 1430. The number of ether oxygens (including phenoxy) is 1. The highest BCUT2D eigenvalue weighted by Crippen LogP contribution is 2.35. The van der Waals surface area contributed by atoms with Crippen LogP contribution in [0.25, 0.3) is 22.0 Å². The molecule has 0 spiro atoms. The van der Waals surface area contributed by atoms with Crippen LogP contribution in [-0.2, 0) is 18.8 Å². The van der Waals surface area contributed by atoms with Crippen LogP contribution in [0.4, 0.5) is 10.1 Å². The fourth-order valence-electron chi connectivity index (χ4n) is 4.28. The third kappa shape index (κ3) is 3.89. The van der Waals surface area contributed by atoms with E-state index in [0.29, 0.717) is 52.6 Å². The highest BCUT2D eigenvalue weighted by molar-refractivity contribution is 6.30. The molecule has 1 saturated heterocycles. The first kappa shape index (κ1) is 21.6. The lowest BCUT2D eigenvalue weighted by Crippen LogP contribution is -2.38. The number of rotatable bonds is 3. The molecule has 2 aromatic carbocycles. The van der Waals surface area contributed by atoms with Gasteiger partial charge in [-0.1, -0.05) is 11.6 Å². The maximum Gasteiger partial charge on any atom is 0.261 e. The van der Waals surface area contributed by atoms with E-state index in [2.05, 4.69) is 15.0 Å². The Morgan fingerprint density at radius 2 is 2.00 bits per heavy atom. The van der Waals surface area contributed by atoms with Crippen molar-refractivity contribution in [2.24, 2.45) is 14.1 Å². The molecule has 170 valence electrons. The smallest absolute Gasteiger partial charge is 0.261 e. The summed E-state index contributed by atoms with van der Waals surface area (Å²) in [5.74, 6) is 0.0983. The SMILES string of the molecule is Cc1nc2cc(N3CCO[C@H](c4cnn(C)c4)C3)cc(-c3ccc(Cl)cc3F)c2c(=O)n1C. The van der Waals surface area contributed by atoms with Gasteiger partial charge >= 0.3 is 0 Å². The van der Waals surface area contributed by atoms with Crippen molar-refractivity contribution in [2.75, 3.05) is 24.6 Å². The van der Waals surface area contributed by atoms with E-state index in [1.807, 2.05) is 25.4 Å². The Kier molecular flexibility index (Phi) is 5.42. The van der Waals surface area contributed by atoms with Crippen molar-refractivity contribution in [3.8, 4) is 11.1 Å². The first-order valence-electron chi connectivity index (χ1n) is 10.6. The molecular formula is C24H23ClFN5O2. The number of benzene rings is 2. The van der Waals surface area contributed by atoms with Crippen molar-refractivity contribution in [2.45, 2.75) is 13.0 Å². The molecule has 33 heavy (non-hydrogen) atoms. The van der Waals surface area contributed by atoms with Crippen LogP contribution in [0.5, 0.6) is 0 Å². The predicted octanol–water partition coefficient (Wildman–Crippen LogP) is 4.01. The summed E-state index contributed by atoms with van der Waals surface area (Å²) in [7, 11) is 3.54. The fourth-order valence-corrected chi connectivity index (χ4v) is 4.44. The molecule has 0 aliphatic carbocycles. The van der Waals surface area contributed by atoms with Crippen molar-refractivity contribution in [1.29, 1.82) is 0 Å². The molecule has 0 saturated carbocycles. The highest BCUT2D eigenvalue weighted by Gasteiger charge is 2.25. The van der Waals surface area contributed by atoms with E-state index >= 15 is 0 Å². The van der Waals surface area contributed by atoms with Gasteiger partial charge in [-0.05, 0) is 37.3 Å². The van der Waals surface area contributed by atoms with Crippen molar-refractivity contribution in [1.82, 2.24) is 19.3 Å². The van der Waals surface area contributed by atoms with Crippen LogP contribution in [0.1, 0.15) is 17.5 Å². The van der Waals surface area contributed by atoms with Gasteiger partial charge in [-0.15, -0.1) is 0 Å². The summed E-state index contributed by atoms with van der Waals surface area (Å²) in [6.07, 6.45) is 3.60. The molecule has 5 rings (SSSR count). The summed E-state index contributed by atoms with van der Waals surface area (Å²) in [5.41, 5.74) is 2.96. The second kappa shape index (κ2) is 8.28. The molecule has 4 aromatic rings. The van der Waals surface area contributed by atoms with Crippen LogP contribution < -0.4 is 10.5 Å². The zero-order chi connectivity index (χ0) is 23.3. The lowest BCUT2D eigenvalue weighted by Gasteiger charge is -2.34. The summed E-state index contributed by atoms with van der Waals surface area (Å²) >= 11 is 5.98. The van der Waals surface area contributed by atoms with E-state index in [1.165, 1.54) is 10.6 Å². The van der Waals surface area contributed by atoms with Crippen molar-refractivity contribution < 1.29 is 9.13 Å². The number of aryl methyl sites for hydroxylation is 2. The average molecular weight is 468 g/mol. The number of hydrogen-bond donors (Lipinski definition) is 0. The maximum atomic E-state index is 15.0. The van der Waals surface area contributed by atoms with Gasteiger partial charge < -0.3 is 9.64 Å². The van der Waals surface area contributed by atoms with Crippen LogP contribution in [0, 0.1) is 12.7 Å². The molecule has 0 amide bonds. The molecule has 1 atom stereocenters. The molecule has 1 aliphatic rings. The van der Waals surface area contributed by atoms with Gasteiger partial charge in [0.2, 0.25) is 0 Å². The monoisotopic (exact) mass is 467 g/mol. The maximum absolute atomic E-state index is 15.0. The minimum Gasteiger partial charge on any atom is -0.370 e. The van der Waals surface area contributed by atoms with Gasteiger partial charge in [0.05, 0.1) is 23.7 Å². The molecule has 3 heterocycles. The summed E-state index contributed by atoms with van der Waals surface area (Å²) < 4.78 is 24.2. The highest BCUT2D eigenvalue weighted by atomic mass is 35.5. The van der Waals surface area contributed by atoms with Crippen LogP contribution >= 0.6 is 11.6 Å². The number of nitrogens with zero attached hydrogens (tertiary/aromatic N) is 5. The molecule has 1 aliphatic heterocycles. The van der Waals surface area contributed by atoms with Gasteiger partial charge in [-0.3, -0.25) is 14.0 Å². The van der Waals surface area contributed by atoms with Gasteiger partial charge in [-0.2, -0.15) is 5.10 Å². The quantitative estimate of drug-likeness (QED) is 0.455. The Hall–Kier alpha value is -3.23. The molecule has 9 heteroatoms. The molecule has 1 fully saturated rings. The van der Waals surface area contributed by atoms with E-state index in [9.17, 15) is 9.18 Å². The lowest BCUT2D eigenvalue weighted by molar-refractivity contribution is 0.0397. The largest absolute Gasteiger partial charge is 0.370 e. The number of anilines is 1. The lowest BCUT2D eigenvalue weighted by atomic mass is 9.99. The standard InChI is InChI=1S/C24H23ClFN5O2/c1-14-28-21-10-17(31-6-7-33-22(13-31)15-11-27-29(2)12-15)9-19(23(21)24(32)30(14)3)18-5-4-16(25)8-20(18)26/h4-5,8-12,22H,6-7,13H2,1-3H3/t22-/m0/s1. The molecule has 2 aromatic heterocycles. The third-order valence-corrected chi connectivity index (χ3v) is 6.37. The molecular weight excluding hydrogens is 445 g/mol. The average Bonchev–Trinajstić information content (AvgIpc) is 3.23. The zero-order valence-corrected chi connectivity index (χ0v) is 19.3. The Morgan fingerprint density at radius 3 is 2.73 bits per heavy atom. The summed E-state index contributed by atoms with van der Waals surface area (Å²) in [4.78, 5) is 20.0. The van der Waals surface area contributed by atoms with Crippen molar-refractivity contribution in [3.63, 3.8) is 0 Å². The van der Waals surface area contributed by atoms with Crippen LogP contribution in [0.3, 0.4) is 0 Å². The summed E-state index contributed by atoms with van der Waals surface area (Å²) in [6.45, 7) is 3.58. The Labute approximate surface area is 195 Å². The Morgan fingerprint density at radius 1 is 1.18 bits per heavy atom. The van der Waals surface area contributed by atoms with E-state index in [-0.39, 0.29) is 11.7 Å². The van der Waals surface area contributed by atoms with Crippen molar-refractivity contribution >= 4 is 28.2 Å². The van der Waals surface area contributed by atoms with E-state index in [0.717, 1.165) is 11.3 Å². The van der Waals surface area contributed by atoms with Gasteiger partial charge in [0.15, 0.2) is 0 Å². The molecule has 0 bridgehead atoms.